The number of anilines is 2. The summed E-state index contributed by atoms with van der Waals surface area (Å²) in [5, 5.41) is 8.66. The van der Waals surface area contributed by atoms with Crippen LogP contribution in [-0.4, -0.2) is 21.9 Å². The van der Waals surface area contributed by atoms with E-state index in [2.05, 4.69) is 25.9 Å². The molecule has 0 unspecified atom stereocenters. The van der Waals surface area contributed by atoms with Crippen molar-refractivity contribution in [1.29, 1.82) is 0 Å². The maximum atomic E-state index is 13.6. The average Bonchev–Trinajstić information content (AvgIpc) is 2.97. The van der Waals surface area contributed by atoms with Crippen molar-refractivity contribution in [3.8, 4) is 0 Å². The molecule has 1 atom stereocenters. The summed E-state index contributed by atoms with van der Waals surface area (Å²) >= 11 is 0. The van der Waals surface area contributed by atoms with E-state index in [1.807, 2.05) is 20.8 Å². The van der Waals surface area contributed by atoms with Crippen molar-refractivity contribution in [2.45, 2.75) is 33.7 Å². The maximum Gasteiger partial charge on any atom is 0.319 e. The molecule has 3 N–H and O–H groups in total. The zero-order valence-corrected chi connectivity index (χ0v) is 16.5. The van der Waals surface area contributed by atoms with E-state index in [9.17, 15) is 14.0 Å². The van der Waals surface area contributed by atoms with Gasteiger partial charge in [0.2, 0.25) is 11.9 Å². The summed E-state index contributed by atoms with van der Waals surface area (Å²) < 4.78 is 19.5. The normalized spacial score (nSPS) is 12.1. The number of amides is 3. The molecule has 9 heteroatoms. The number of hydrogen-bond acceptors (Lipinski definition) is 5. The Balaban J connectivity index is 1.76. The van der Waals surface area contributed by atoms with Gasteiger partial charge in [-0.1, -0.05) is 13.8 Å². The van der Waals surface area contributed by atoms with Gasteiger partial charge in [-0.05, 0) is 31.0 Å². The Bertz CT molecular complexity index is 1050. The first-order valence-electron chi connectivity index (χ1n) is 9.10. The number of furan rings is 1. The fourth-order valence-corrected chi connectivity index (χ4v) is 2.97. The van der Waals surface area contributed by atoms with Crippen molar-refractivity contribution in [2.24, 2.45) is 5.92 Å². The molecule has 0 saturated heterocycles. The van der Waals surface area contributed by atoms with E-state index in [4.69, 9.17) is 4.42 Å². The van der Waals surface area contributed by atoms with Crippen LogP contribution in [-0.2, 0) is 4.79 Å². The second kappa shape index (κ2) is 8.26. The fraction of sp³-hybridized carbons (Fsp3) is 0.300. The Morgan fingerprint density at radius 2 is 1.83 bits per heavy atom. The highest BCUT2D eigenvalue weighted by molar-refractivity contribution is 5.90. The molecule has 29 heavy (non-hydrogen) atoms. The number of carbonyl (C=O) groups excluding carboxylic acids is 2. The predicted molar refractivity (Wildman–Crippen MR) is 107 cm³/mol. The smallest absolute Gasteiger partial charge is 0.319 e. The summed E-state index contributed by atoms with van der Waals surface area (Å²) in [6.07, 6.45) is 2.77. The first-order valence-corrected chi connectivity index (χ1v) is 9.10. The van der Waals surface area contributed by atoms with E-state index in [1.165, 1.54) is 31.5 Å². The van der Waals surface area contributed by atoms with E-state index < -0.39 is 12.1 Å². The molecule has 3 rings (SSSR count). The summed E-state index contributed by atoms with van der Waals surface area (Å²) in [4.78, 5) is 31.4. The minimum Gasteiger partial charge on any atom is -0.459 e. The van der Waals surface area contributed by atoms with Crippen LogP contribution in [0.25, 0.3) is 11.0 Å². The Hall–Kier alpha value is -3.49. The average molecular weight is 399 g/mol. The standard InChI is InChI=1S/C20H22FN5O3/c1-10(2)17(18-11(3)15-7-13(21)5-6-16(15)29-18)26-20(28)25-14-8-22-19(23-9-14)24-12(4)27/h5-10,17H,1-4H3,(H2,25,26,28)(H,22,23,24,27)/t17-/m1/s1. The number of rotatable bonds is 5. The quantitative estimate of drug-likeness (QED) is 0.597. The summed E-state index contributed by atoms with van der Waals surface area (Å²) in [6.45, 7) is 7.08. The van der Waals surface area contributed by atoms with Gasteiger partial charge in [0.15, 0.2) is 0 Å². The van der Waals surface area contributed by atoms with Gasteiger partial charge in [-0.25, -0.2) is 19.2 Å². The second-order valence-corrected chi connectivity index (χ2v) is 7.03. The number of nitrogens with one attached hydrogen (secondary N) is 3. The van der Waals surface area contributed by atoms with Crippen LogP contribution in [0.4, 0.5) is 20.8 Å². The zero-order chi connectivity index (χ0) is 21.1. The monoisotopic (exact) mass is 399 g/mol. The number of fused-ring (bicyclic) bond motifs is 1. The third kappa shape index (κ3) is 4.68. The van der Waals surface area contributed by atoms with Crippen molar-refractivity contribution in [3.63, 3.8) is 0 Å². The molecular formula is C20H22FN5O3. The highest BCUT2D eigenvalue weighted by atomic mass is 19.1. The van der Waals surface area contributed by atoms with Gasteiger partial charge in [-0.3, -0.25) is 10.1 Å². The van der Waals surface area contributed by atoms with Gasteiger partial charge >= 0.3 is 6.03 Å². The van der Waals surface area contributed by atoms with Crippen LogP contribution in [0.5, 0.6) is 0 Å². The third-order valence-electron chi connectivity index (χ3n) is 4.37. The molecule has 0 fully saturated rings. The molecule has 0 aliphatic heterocycles. The van der Waals surface area contributed by atoms with Crippen LogP contribution in [0.15, 0.2) is 35.0 Å². The van der Waals surface area contributed by atoms with Crippen molar-refractivity contribution < 1.29 is 18.4 Å². The van der Waals surface area contributed by atoms with E-state index in [0.717, 1.165) is 5.56 Å². The number of aromatic nitrogens is 2. The number of benzene rings is 1. The molecule has 1 aromatic carbocycles. The summed E-state index contributed by atoms with van der Waals surface area (Å²) in [5.41, 5.74) is 1.71. The molecule has 2 aromatic heterocycles. The molecule has 152 valence electrons. The third-order valence-corrected chi connectivity index (χ3v) is 4.37. The number of carbonyl (C=O) groups is 2. The topological polar surface area (TPSA) is 109 Å². The van der Waals surface area contributed by atoms with Crippen LogP contribution in [0, 0.1) is 18.7 Å². The Kier molecular flexibility index (Phi) is 5.76. The molecule has 8 nitrogen and oxygen atoms in total. The van der Waals surface area contributed by atoms with Crippen molar-refractivity contribution in [2.75, 3.05) is 10.6 Å². The van der Waals surface area contributed by atoms with Crippen LogP contribution in [0.3, 0.4) is 0 Å². The van der Waals surface area contributed by atoms with E-state index >= 15 is 0 Å². The SMILES string of the molecule is CC(=O)Nc1ncc(NC(=O)N[C@@H](c2oc3ccc(F)cc3c2C)C(C)C)cn1. The lowest BCUT2D eigenvalue weighted by molar-refractivity contribution is -0.114. The molecule has 0 bridgehead atoms. The number of nitrogens with zero attached hydrogens (tertiary/aromatic N) is 2. The van der Waals surface area contributed by atoms with Crippen molar-refractivity contribution >= 4 is 34.5 Å². The minimum absolute atomic E-state index is 0.0169. The molecular weight excluding hydrogens is 377 g/mol. The fourth-order valence-electron chi connectivity index (χ4n) is 2.97. The van der Waals surface area contributed by atoms with Crippen LogP contribution < -0.4 is 16.0 Å². The van der Waals surface area contributed by atoms with Gasteiger partial charge in [0.25, 0.3) is 0 Å². The van der Waals surface area contributed by atoms with Crippen LogP contribution in [0.1, 0.15) is 38.1 Å². The Morgan fingerprint density at radius 3 is 2.45 bits per heavy atom. The van der Waals surface area contributed by atoms with Gasteiger partial charge in [-0.2, -0.15) is 0 Å². The number of halogens is 1. The second-order valence-electron chi connectivity index (χ2n) is 7.03. The molecule has 0 aliphatic rings. The highest BCUT2D eigenvalue weighted by Gasteiger charge is 2.25. The zero-order valence-electron chi connectivity index (χ0n) is 16.5. The number of hydrogen-bond donors (Lipinski definition) is 3. The lowest BCUT2D eigenvalue weighted by atomic mass is 9.98. The predicted octanol–water partition coefficient (Wildman–Crippen LogP) is 4.15. The Morgan fingerprint density at radius 1 is 1.14 bits per heavy atom. The van der Waals surface area contributed by atoms with Gasteiger partial charge < -0.3 is 15.1 Å². The molecule has 3 amide bonds. The van der Waals surface area contributed by atoms with Gasteiger partial charge in [-0.15, -0.1) is 0 Å². The number of urea groups is 1. The van der Waals surface area contributed by atoms with Gasteiger partial charge in [0, 0.05) is 17.9 Å². The lowest BCUT2D eigenvalue weighted by Gasteiger charge is -2.21. The van der Waals surface area contributed by atoms with E-state index in [-0.39, 0.29) is 23.6 Å². The Labute approximate surface area is 166 Å². The molecule has 0 spiro atoms. The van der Waals surface area contributed by atoms with Crippen LogP contribution >= 0.6 is 0 Å². The lowest BCUT2D eigenvalue weighted by Crippen LogP contribution is -2.35. The van der Waals surface area contributed by atoms with Crippen molar-refractivity contribution in [1.82, 2.24) is 15.3 Å². The molecule has 0 aliphatic carbocycles. The van der Waals surface area contributed by atoms with E-state index in [1.54, 1.807) is 6.07 Å². The molecule has 0 radical (unpaired) electrons. The molecule has 2 heterocycles. The van der Waals surface area contributed by atoms with Gasteiger partial charge in [0.05, 0.1) is 24.1 Å². The largest absolute Gasteiger partial charge is 0.459 e. The van der Waals surface area contributed by atoms with E-state index in [0.29, 0.717) is 22.4 Å². The molecule has 0 saturated carbocycles. The minimum atomic E-state index is -0.467. The first kappa shape index (κ1) is 20.2. The highest BCUT2D eigenvalue weighted by Crippen LogP contribution is 2.33. The van der Waals surface area contributed by atoms with Gasteiger partial charge in [0.1, 0.15) is 17.2 Å². The van der Waals surface area contributed by atoms with Crippen LogP contribution in [0.2, 0.25) is 0 Å². The maximum absolute atomic E-state index is 13.6. The number of aryl methyl sites for hydroxylation is 1. The summed E-state index contributed by atoms with van der Waals surface area (Å²) in [6, 6.07) is 3.44. The van der Waals surface area contributed by atoms with Crippen molar-refractivity contribution in [3.05, 3.63) is 47.7 Å². The summed E-state index contributed by atoms with van der Waals surface area (Å²) in [7, 11) is 0. The first-order chi connectivity index (χ1) is 13.7. The summed E-state index contributed by atoms with van der Waals surface area (Å²) in [5.74, 6) is 0.108. The molecule has 3 aromatic rings.